The Labute approximate surface area is 108 Å². The molecule has 1 rings (SSSR count). The SMILES string of the molecule is CCCC(CCC)[C@@H](N)Cc1cc(F)ccc1F. The van der Waals surface area contributed by atoms with Crippen LogP contribution in [0.1, 0.15) is 45.1 Å². The topological polar surface area (TPSA) is 26.0 Å². The fraction of sp³-hybridized carbons (Fsp3) is 0.600. The second kappa shape index (κ2) is 7.47. The van der Waals surface area contributed by atoms with Crippen molar-refractivity contribution in [2.75, 3.05) is 0 Å². The Bertz CT molecular complexity index is 360. The molecule has 18 heavy (non-hydrogen) atoms. The van der Waals surface area contributed by atoms with Crippen LogP contribution in [-0.4, -0.2) is 6.04 Å². The summed E-state index contributed by atoms with van der Waals surface area (Å²) in [7, 11) is 0. The zero-order valence-corrected chi connectivity index (χ0v) is 11.3. The van der Waals surface area contributed by atoms with Crippen molar-refractivity contribution in [3.05, 3.63) is 35.4 Å². The molecule has 0 saturated carbocycles. The van der Waals surface area contributed by atoms with E-state index in [0.717, 1.165) is 31.7 Å². The number of hydrogen-bond acceptors (Lipinski definition) is 1. The Morgan fingerprint density at radius 3 is 2.28 bits per heavy atom. The fourth-order valence-electron chi connectivity index (χ4n) is 2.43. The van der Waals surface area contributed by atoms with E-state index in [1.807, 2.05) is 0 Å². The lowest BCUT2D eigenvalue weighted by molar-refractivity contribution is 0.357. The van der Waals surface area contributed by atoms with E-state index in [9.17, 15) is 8.78 Å². The molecule has 0 aliphatic heterocycles. The minimum absolute atomic E-state index is 0.0961. The van der Waals surface area contributed by atoms with Crippen molar-refractivity contribution in [3.63, 3.8) is 0 Å². The van der Waals surface area contributed by atoms with Crippen LogP contribution in [0.4, 0.5) is 8.78 Å². The monoisotopic (exact) mass is 255 g/mol. The molecule has 0 aliphatic carbocycles. The minimum Gasteiger partial charge on any atom is -0.327 e. The number of nitrogens with two attached hydrogens (primary N) is 1. The Morgan fingerprint density at radius 2 is 1.72 bits per heavy atom. The van der Waals surface area contributed by atoms with Crippen LogP contribution in [0, 0.1) is 17.6 Å². The van der Waals surface area contributed by atoms with Gasteiger partial charge in [-0.1, -0.05) is 26.7 Å². The van der Waals surface area contributed by atoms with Crippen LogP contribution in [0.25, 0.3) is 0 Å². The molecule has 0 aliphatic rings. The maximum Gasteiger partial charge on any atom is 0.126 e. The molecule has 0 fully saturated rings. The molecule has 2 N–H and O–H groups in total. The Morgan fingerprint density at radius 1 is 1.11 bits per heavy atom. The van der Waals surface area contributed by atoms with Crippen molar-refractivity contribution in [3.8, 4) is 0 Å². The lowest BCUT2D eigenvalue weighted by atomic mass is 9.87. The first kappa shape index (κ1) is 15.1. The third kappa shape index (κ3) is 4.37. The predicted molar refractivity (Wildman–Crippen MR) is 71.3 cm³/mol. The molecule has 0 spiro atoms. The highest BCUT2D eigenvalue weighted by molar-refractivity contribution is 5.19. The average Bonchev–Trinajstić information content (AvgIpc) is 2.33. The summed E-state index contributed by atoms with van der Waals surface area (Å²) in [5.74, 6) is -0.373. The maximum absolute atomic E-state index is 13.5. The van der Waals surface area contributed by atoms with E-state index in [1.165, 1.54) is 12.1 Å². The number of halogens is 2. The van der Waals surface area contributed by atoms with E-state index < -0.39 is 5.82 Å². The first-order chi connectivity index (χ1) is 8.58. The number of benzene rings is 1. The van der Waals surface area contributed by atoms with E-state index in [2.05, 4.69) is 13.8 Å². The molecular weight excluding hydrogens is 232 g/mol. The molecule has 0 radical (unpaired) electrons. The van der Waals surface area contributed by atoms with Gasteiger partial charge in [-0.25, -0.2) is 8.78 Å². The summed E-state index contributed by atoms with van der Waals surface area (Å²) in [6.07, 6.45) is 4.65. The van der Waals surface area contributed by atoms with Gasteiger partial charge in [0.25, 0.3) is 0 Å². The summed E-state index contributed by atoms with van der Waals surface area (Å²) in [5, 5.41) is 0. The van der Waals surface area contributed by atoms with Gasteiger partial charge in [0.1, 0.15) is 11.6 Å². The standard InChI is InChI=1S/C15H23F2N/c1-3-5-11(6-4-2)15(18)10-12-9-13(16)7-8-14(12)17/h7-9,11,15H,3-6,10,18H2,1-2H3/t15-/m0/s1. The second-order valence-corrected chi connectivity index (χ2v) is 4.94. The summed E-state index contributed by atoms with van der Waals surface area (Å²) in [4.78, 5) is 0. The Hall–Kier alpha value is -0.960. The molecule has 1 aromatic carbocycles. The van der Waals surface area contributed by atoms with Gasteiger partial charge < -0.3 is 5.73 Å². The van der Waals surface area contributed by atoms with Gasteiger partial charge in [-0.2, -0.15) is 0 Å². The Balaban J connectivity index is 2.71. The molecule has 0 bridgehead atoms. The lowest BCUT2D eigenvalue weighted by Crippen LogP contribution is -2.32. The minimum atomic E-state index is -0.402. The van der Waals surface area contributed by atoms with Crippen molar-refractivity contribution in [2.45, 2.75) is 52.0 Å². The van der Waals surface area contributed by atoms with E-state index in [4.69, 9.17) is 5.73 Å². The highest BCUT2D eigenvalue weighted by atomic mass is 19.1. The van der Waals surface area contributed by atoms with Crippen LogP contribution in [0.3, 0.4) is 0 Å². The molecule has 0 aromatic heterocycles. The van der Waals surface area contributed by atoms with Crippen molar-refractivity contribution in [1.29, 1.82) is 0 Å². The summed E-state index contributed by atoms with van der Waals surface area (Å²) in [6, 6.07) is 3.47. The van der Waals surface area contributed by atoms with E-state index in [0.29, 0.717) is 17.9 Å². The van der Waals surface area contributed by atoms with Gasteiger partial charge in [-0.3, -0.25) is 0 Å². The summed E-state index contributed by atoms with van der Waals surface area (Å²) in [5.41, 5.74) is 6.54. The lowest BCUT2D eigenvalue weighted by Gasteiger charge is -2.23. The van der Waals surface area contributed by atoms with Gasteiger partial charge in [-0.15, -0.1) is 0 Å². The molecule has 0 unspecified atom stereocenters. The normalized spacial score (nSPS) is 13.0. The maximum atomic E-state index is 13.5. The highest BCUT2D eigenvalue weighted by Crippen LogP contribution is 2.21. The van der Waals surface area contributed by atoms with Crippen molar-refractivity contribution >= 4 is 0 Å². The zero-order valence-electron chi connectivity index (χ0n) is 11.3. The van der Waals surface area contributed by atoms with E-state index >= 15 is 0 Å². The third-order valence-electron chi connectivity index (χ3n) is 3.39. The average molecular weight is 255 g/mol. The third-order valence-corrected chi connectivity index (χ3v) is 3.39. The van der Waals surface area contributed by atoms with Crippen LogP contribution >= 0.6 is 0 Å². The van der Waals surface area contributed by atoms with Crippen molar-refractivity contribution in [2.24, 2.45) is 11.7 Å². The van der Waals surface area contributed by atoms with Crippen LogP contribution in [-0.2, 0) is 6.42 Å². The van der Waals surface area contributed by atoms with Gasteiger partial charge in [0, 0.05) is 6.04 Å². The molecule has 1 atom stereocenters. The van der Waals surface area contributed by atoms with Crippen molar-refractivity contribution < 1.29 is 8.78 Å². The van der Waals surface area contributed by atoms with Crippen LogP contribution in [0.5, 0.6) is 0 Å². The van der Waals surface area contributed by atoms with Gasteiger partial charge in [0.05, 0.1) is 0 Å². The highest BCUT2D eigenvalue weighted by Gasteiger charge is 2.18. The molecule has 1 nitrogen and oxygen atoms in total. The van der Waals surface area contributed by atoms with Gasteiger partial charge >= 0.3 is 0 Å². The van der Waals surface area contributed by atoms with Gasteiger partial charge in [0.2, 0.25) is 0 Å². The molecule has 102 valence electrons. The van der Waals surface area contributed by atoms with Crippen LogP contribution in [0.2, 0.25) is 0 Å². The molecular formula is C15H23F2N. The first-order valence-corrected chi connectivity index (χ1v) is 6.78. The number of rotatable bonds is 7. The molecule has 0 saturated heterocycles. The zero-order chi connectivity index (χ0) is 13.5. The fourth-order valence-corrected chi connectivity index (χ4v) is 2.43. The van der Waals surface area contributed by atoms with E-state index in [-0.39, 0.29) is 11.9 Å². The van der Waals surface area contributed by atoms with Gasteiger partial charge in [-0.05, 0) is 48.9 Å². The van der Waals surface area contributed by atoms with Crippen molar-refractivity contribution in [1.82, 2.24) is 0 Å². The van der Waals surface area contributed by atoms with Crippen LogP contribution in [0.15, 0.2) is 18.2 Å². The van der Waals surface area contributed by atoms with E-state index in [1.54, 1.807) is 0 Å². The summed E-state index contributed by atoms with van der Waals surface area (Å²) < 4.78 is 26.6. The number of hydrogen-bond donors (Lipinski definition) is 1. The Kier molecular flexibility index (Phi) is 6.27. The molecule has 3 heteroatoms. The summed E-state index contributed by atoms with van der Waals surface area (Å²) >= 11 is 0. The molecule has 1 aromatic rings. The largest absolute Gasteiger partial charge is 0.327 e. The second-order valence-electron chi connectivity index (χ2n) is 4.94. The smallest absolute Gasteiger partial charge is 0.126 e. The first-order valence-electron chi connectivity index (χ1n) is 6.78. The predicted octanol–water partition coefficient (Wildman–Crippen LogP) is 4.05. The quantitative estimate of drug-likeness (QED) is 0.781. The molecule has 0 amide bonds. The van der Waals surface area contributed by atoms with Crippen LogP contribution < -0.4 is 5.73 Å². The molecule has 0 heterocycles. The summed E-state index contributed by atoms with van der Waals surface area (Å²) in [6.45, 7) is 4.25. The van der Waals surface area contributed by atoms with Gasteiger partial charge in [0.15, 0.2) is 0 Å².